The van der Waals surface area contributed by atoms with Crippen LogP contribution < -0.4 is 0 Å². The zero-order valence-corrected chi connectivity index (χ0v) is 19.3. The van der Waals surface area contributed by atoms with Crippen LogP contribution in [0.15, 0.2) is 91.5 Å². The first-order valence-electron chi connectivity index (χ1n) is 11.9. The quantitative estimate of drug-likeness (QED) is 0.227. The molecule has 0 spiro atoms. The molecule has 0 aromatic heterocycles. The van der Waals surface area contributed by atoms with Crippen LogP contribution in [0.4, 0.5) is 0 Å². The molecule has 1 fully saturated rings. The van der Waals surface area contributed by atoms with E-state index in [0.717, 1.165) is 53.4 Å². The van der Waals surface area contributed by atoms with Crippen LogP contribution in [0.25, 0.3) is 16.7 Å². The molecule has 1 aliphatic carbocycles. The van der Waals surface area contributed by atoms with Crippen molar-refractivity contribution in [1.82, 2.24) is 0 Å². The molecule has 2 atom stereocenters. The van der Waals surface area contributed by atoms with E-state index >= 15 is 0 Å². The lowest BCUT2D eigenvalue weighted by Gasteiger charge is -2.29. The van der Waals surface area contributed by atoms with E-state index in [0.29, 0.717) is 12.0 Å². The molecular weight excluding hydrogens is 420 g/mol. The molecular formula is C31H30O3. The highest BCUT2D eigenvalue weighted by Crippen LogP contribution is 2.38. The zero-order chi connectivity index (χ0) is 23.9. The summed E-state index contributed by atoms with van der Waals surface area (Å²) < 4.78 is 0. The Morgan fingerprint density at radius 3 is 2.09 bits per heavy atom. The normalized spacial score (nSPS) is 18.0. The largest absolute Gasteiger partial charge is 0.508 e. The van der Waals surface area contributed by atoms with E-state index in [1.165, 1.54) is 18.6 Å². The number of rotatable bonds is 8. The van der Waals surface area contributed by atoms with Crippen molar-refractivity contribution >= 4 is 17.6 Å². The van der Waals surface area contributed by atoms with Crippen LogP contribution in [0, 0.1) is 11.8 Å². The van der Waals surface area contributed by atoms with Gasteiger partial charge in [-0.15, -0.1) is 0 Å². The summed E-state index contributed by atoms with van der Waals surface area (Å²) in [4.78, 5) is 23.7. The summed E-state index contributed by atoms with van der Waals surface area (Å²) in [7, 11) is 0. The molecule has 4 rings (SSSR count). The van der Waals surface area contributed by atoms with Crippen molar-refractivity contribution in [1.29, 1.82) is 0 Å². The summed E-state index contributed by atoms with van der Waals surface area (Å²) in [6.07, 6.45) is 9.53. The molecule has 3 heteroatoms. The maximum atomic E-state index is 12.2. The van der Waals surface area contributed by atoms with Crippen molar-refractivity contribution in [2.45, 2.75) is 32.1 Å². The minimum absolute atomic E-state index is 0.0778. The third kappa shape index (κ3) is 5.60. The fourth-order valence-electron chi connectivity index (χ4n) is 4.70. The molecule has 0 radical (unpaired) electrons. The second-order valence-corrected chi connectivity index (χ2v) is 9.01. The van der Waals surface area contributed by atoms with Gasteiger partial charge in [0.15, 0.2) is 5.78 Å². The van der Waals surface area contributed by atoms with Crippen molar-refractivity contribution in [3.63, 3.8) is 0 Å². The number of phenols is 1. The van der Waals surface area contributed by atoms with Gasteiger partial charge in [-0.3, -0.25) is 4.79 Å². The number of aromatic hydroxyl groups is 1. The van der Waals surface area contributed by atoms with E-state index in [4.69, 9.17) is 0 Å². The van der Waals surface area contributed by atoms with E-state index in [-0.39, 0.29) is 23.4 Å². The van der Waals surface area contributed by atoms with Crippen molar-refractivity contribution in [3.8, 4) is 16.9 Å². The summed E-state index contributed by atoms with van der Waals surface area (Å²) in [5, 5.41) is 9.33. The van der Waals surface area contributed by atoms with Gasteiger partial charge >= 0.3 is 0 Å². The van der Waals surface area contributed by atoms with Crippen molar-refractivity contribution in [3.05, 3.63) is 108 Å². The van der Waals surface area contributed by atoms with Gasteiger partial charge in [0.25, 0.3) is 0 Å². The van der Waals surface area contributed by atoms with Crippen molar-refractivity contribution in [2.24, 2.45) is 11.8 Å². The van der Waals surface area contributed by atoms with Gasteiger partial charge in [0.05, 0.1) is 0 Å². The maximum absolute atomic E-state index is 12.2. The second-order valence-electron chi connectivity index (χ2n) is 9.01. The molecule has 0 heterocycles. The Labute approximate surface area is 201 Å². The lowest BCUT2D eigenvalue weighted by Crippen LogP contribution is -2.21. The SMILES string of the molecule is C=C(c1ccc(-c2ccc(C/C=C/C(=O)c3ccc(O)cc3)cc2)cc1)[C@@H]1CCCC[C@H]1C=O. The minimum atomic E-state index is -0.0778. The van der Waals surface area contributed by atoms with Gasteiger partial charge in [-0.05, 0) is 83.3 Å². The average molecular weight is 451 g/mol. The monoisotopic (exact) mass is 450 g/mol. The Balaban J connectivity index is 1.37. The standard InChI is InChI=1S/C31H30O3/c1-22(30-7-3-2-6-28(30)21-32)24-13-15-26(16-14-24)25-11-9-23(10-12-25)5-4-8-31(34)27-17-19-29(33)20-18-27/h4,8-21,28,30,33H,1-3,5-7H2/b8-4+/t28-,30-/m0/s1. The van der Waals surface area contributed by atoms with Crippen LogP contribution in [0.3, 0.4) is 0 Å². The number of phenolic OH excluding ortho intramolecular Hbond substituents is 1. The number of hydrogen-bond acceptors (Lipinski definition) is 3. The first kappa shape index (κ1) is 23.4. The van der Waals surface area contributed by atoms with E-state index in [1.54, 1.807) is 18.2 Å². The molecule has 3 aromatic rings. The number of benzene rings is 3. The molecule has 172 valence electrons. The number of carbonyl (C=O) groups excluding carboxylic acids is 2. The van der Waals surface area contributed by atoms with Crippen LogP contribution in [-0.2, 0) is 11.2 Å². The highest BCUT2D eigenvalue weighted by atomic mass is 16.3. The maximum Gasteiger partial charge on any atom is 0.185 e. The van der Waals surface area contributed by atoms with Crippen LogP contribution in [0.5, 0.6) is 5.75 Å². The molecule has 1 aliphatic rings. The molecule has 1 N–H and O–H groups in total. The van der Waals surface area contributed by atoms with Crippen LogP contribution >= 0.6 is 0 Å². The highest BCUT2D eigenvalue weighted by Gasteiger charge is 2.27. The Kier molecular flexibility index (Phi) is 7.54. The lowest BCUT2D eigenvalue weighted by molar-refractivity contribution is -0.112. The fraction of sp³-hybridized carbons (Fsp3) is 0.226. The molecule has 3 nitrogen and oxygen atoms in total. The zero-order valence-electron chi connectivity index (χ0n) is 19.3. The Bertz CT molecular complexity index is 1170. The number of ketones is 1. The summed E-state index contributed by atoms with van der Waals surface area (Å²) >= 11 is 0. The van der Waals surface area contributed by atoms with Crippen molar-refractivity contribution in [2.75, 3.05) is 0 Å². The third-order valence-electron chi connectivity index (χ3n) is 6.76. The van der Waals surface area contributed by atoms with E-state index in [9.17, 15) is 14.7 Å². The summed E-state index contributed by atoms with van der Waals surface area (Å²) in [5.74, 6) is 0.422. The predicted octanol–water partition coefficient (Wildman–Crippen LogP) is 7.06. The summed E-state index contributed by atoms with van der Waals surface area (Å²) in [6, 6.07) is 23.1. The molecule has 3 aromatic carbocycles. The molecule has 34 heavy (non-hydrogen) atoms. The lowest BCUT2D eigenvalue weighted by atomic mass is 9.74. The first-order chi connectivity index (χ1) is 16.5. The van der Waals surface area contributed by atoms with Crippen molar-refractivity contribution < 1.29 is 14.7 Å². The minimum Gasteiger partial charge on any atom is -0.508 e. The molecule has 0 amide bonds. The van der Waals surface area contributed by atoms with Crippen LogP contribution in [-0.4, -0.2) is 17.2 Å². The topological polar surface area (TPSA) is 54.4 Å². The number of aldehydes is 1. The third-order valence-corrected chi connectivity index (χ3v) is 6.76. The van der Waals surface area contributed by atoms with Crippen LogP contribution in [0.1, 0.15) is 47.2 Å². The van der Waals surface area contributed by atoms with Crippen LogP contribution in [0.2, 0.25) is 0 Å². The summed E-state index contributed by atoms with van der Waals surface area (Å²) in [5.41, 5.74) is 6.14. The Morgan fingerprint density at radius 2 is 1.44 bits per heavy atom. The van der Waals surface area contributed by atoms with Gasteiger partial charge in [-0.1, -0.05) is 74.0 Å². The highest BCUT2D eigenvalue weighted by molar-refractivity contribution is 6.04. The van der Waals surface area contributed by atoms with Gasteiger partial charge in [0, 0.05) is 11.5 Å². The smallest absolute Gasteiger partial charge is 0.185 e. The molecule has 1 saturated carbocycles. The van der Waals surface area contributed by atoms with E-state index < -0.39 is 0 Å². The Hall–Kier alpha value is -3.72. The Morgan fingerprint density at radius 1 is 0.853 bits per heavy atom. The van der Waals surface area contributed by atoms with E-state index in [1.807, 2.05) is 6.08 Å². The molecule has 0 unspecified atom stereocenters. The number of hydrogen-bond donors (Lipinski definition) is 1. The number of allylic oxidation sites excluding steroid dienone is 3. The average Bonchev–Trinajstić information content (AvgIpc) is 2.89. The van der Waals surface area contributed by atoms with Gasteiger partial charge in [-0.25, -0.2) is 0 Å². The van der Waals surface area contributed by atoms with Gasteiger partial charge in [-0.2, -0.15) is 0 Å². The fourth-order valence-corrected chi connectivity index (χ4v) is 4.70. The van der Waals surface area contributed by atoms with E-state index in [2.05, 4.69) is 55.1 Å². The molecule has 0 saturated heterocycles. The predicted molar refractivity (Wildman–Crippen MR) is 138 cm³/mol. The van der Waals surface area contributed by atoms with Gasteiger partial charge in [0.2, 0.25) is 0 Å². The second kappa shape index (κ2) is 10.9. The molecule has 0 aliphatic heterocycles. The first-order valence-corrected chi connectivity index (χ1v) is 11.9. The molecule has 0 bridgehead atoms. The summed E-state index contributed by atoms with van der Waals surface area (Å²) in [6.45, 7) is 4.32. The van der Waals surface area contributed by atoms with Gasteiger partial charge < -0.3 is 9.90 Å². The van der Waals surface area contributed by atoms with Gasteiger partial charge in [0.1, 0.15) is 12.0 Å². The number of carbonyl (C=O) groups is 2.